The predicted octanol–water partition coefficient (Wildman–Crippen LogP) is 2.56. The van der Waals surface area contributed by atoms with Gasteiger partial charge in [-0.3, -0.25) is 4.98 Å². The number of halogens is 1. The van der Waals surface area contributed by atoms with Gasteiger partial charge in [0.05, 0.1) is 0 Å². The third-order valence-electron chi connectivity index (χ3n) is 1.66. The molecule has 0 N–H and O–H groups in total. The van der Waals surface area contributed by atoms with Crippen LogP contribution in [-0.2, 0) is 0 Å². The van der Waals surface area contributed by atoms with E-state index in [0.29, 0.717) is 10.3 Å². The fourth-order valence-corrected chi connectivity index (χ4v) is 1.65. The van der Waals surface area contributed by atoms with E-state index in [2.05, 4.69) is 14.3 Å². The molecule has 0 spiro atoms. The highest BCUT2D eigenvalue weighted by atomic mass is 35.5. The van der Waals surface area contributed by atoms with Gasteiger partial charge in [0.25, 0.3) is 0 Å². The molecule has 2 aromatic heterocycles. The SMILES string of the molecule is Cc1cnccc1-c1nsc(Cl)n1. The molecule has 2 rings (SSSR count). The molecule has 2 aromatic rings. The Kier molecular flexibility index (Phi) is 2.24. The third kappa shape index (κ3) is 1.68. The van der Waals surface area contributed by atoms with Gasteiger partial charge in [0.2, 0.25) is 4.47 Å². The van der Waals surface area contributed by atoms with Crippen LogP contribution in [0.1, 0.15) is 5.56 Å². The van der Waals surface area contributed by atoms with Gasteiger partial charge in [-0.25, -0.2) is 4.98 Å². The quantitative estimate of drug-likeness (QED) is 0.728. The lowest BCUT2D eigenvalue weighted by Crippen LogP contribution is -1.85. The van der Waals surface area contributed by atoms with E-state index in [4.69, 9.17) is 11.6 Å². The van der Waals surface area contributed by atoms with Crippen LogP contribution in [0.15, 0.2) is 18.5 Å². The van der Waals surface area contributed by atoms with Gasteiger partial charge < -0.3 is 0 Å². The van der Waals surface area contributed by atoms with E-state index in [1.807, 2.05) is 13.0 Å². The Morgan fingerprint density at radius 3 is 2.92 bits per heavy atom. The fourth-order valence-electron chi connectivity index (χ4n) is 1.04. The highest BCUT2D eigenvalue weighted by molar-refractivity contribution is 7.10. The number of rotatable bonds is 1. The molecular weight excluding hydrogens is 206 g/mol. The molecule has 13 heavy (non-hydrogen) atoms. The van der Waals surface area contributed by atoms with Crippen molar-refractivity contribution in [1.82, 2.24) is 14.3 Å². The van der Waals surface area contributed by atoms with E-state index in [1.165, 1.54) is 11.5 Å². The first-order chi connectivity index (χ1) is 6.27. The molecule has 0 aromatic carbocycles. The molecule has 0 amide bonds. The number of nitrogens with zero attached hydrogens (tertiary/aromatic N) is 3. The van der Waals surface area contributed by atoms with Gasteiger partial charge >= 0.3 is 0 Å². The first kappa shape index (κ1) is 8.59. The fraction of sp³-hybridized carbons (Fsp3) is 0.125. The number of hydrogen-bond acceptors (Lipinski definition) is 4. The summed E-state index contributed by atoms with van der Waals surface area (Å²) in [6, 6.07) is 1.88. The van der Waals surface area contributed by atoms with Gasteiger partial charge in [0.15, 0.2) is 5.82 Å². The topological polar surface area (TPSA) is 38.7 Å². The van der Waals surface area contributed by atoms with Crippen molar-refractivity contribution in [2.45, 2.75) is 6.92 Å². The summed E-state index contributed by atoms with van der Waals surface area (Å²) in [5.74, 6) is 0.676. The normalized spacial score (nSPS) is 10.3. The van der Waals surface area contributed by atoms with Crippen LogP contribution < -0.4 is 0 Å². The molecule has 0 radical (unpaired) electrons. The van der Waals surface area contributed by atoms with Crippen molar-refractivity contribution in [1.29, 1.82) is 0 Å². The second kappa shape index (κ2) is 3.40. The monoisotopic (exact) mass is 211 g/mol. The Morgan fingerprint density at radius 1 is 1.46 bits per heavy atom. The maximum atomic E-state index is 5.69. The zero-order valence-corrected chi connectivity index (χ0v) is 8.43. The number of aromatic nitrogens is 3. The van der Waals surface area contributed by atoms with Gasteiger partial charge in [-0.2, -0.15) is 4.37 Å². The summed E-state index contributed by atoms with van der Waals surface area (Å²) in [6.45, 7) is 1.97. The highest BCUT2D eigenvalue weighted by Gasteiger charge is 2.06. The molecule has 0 saturated carbocycles. The molecule has 3 nitrogen and oxygen atoms in total. The van der Waals surface area contributed by atoms with Crippen molar-refractivity contribution in [2.24, 2.45) is 0 Å². The van der Waals surface area contributed by atoms with Crippen LogP contribution in [0, 0.1) is 6.92 Å². The molecule has 5 heteroatoms. The maximum absolute atomic E-state index is 5.69. The molecule has 0 aliphatic carbocycles. The van der Waals surface area contributed by atoms with Crippen molar-refractivity contribution in [3.63, 3.8) is 0 Å². The molecule has 66 valence electrons. The molecule has 0 saturated heterocycles. The number of hydrogen-bond donors (Lipinski definition) is 0. The van der Waals surface area contributed by atoms with Crippen LogP contribution in [0.2, 0.25) is 4.47 Å². The molecule has 0 aliphatic heterocycles. The van der Waals surface area contributed by atoms with E-state index in [0.717, 1.165) is 11.1 Å². The number of aryl methyl sites for hydroxylation is 1. The summed E-state index contributed by atoms with van der Waals surface area (Å²) in [6.07, 6.45) is 3.50. The van der Waals surface area contributed by atoms with E-state index in [-0.39, 0.29) is 0 Å². The van der Waals surface area contributed by atoms with Crippen LogP contribution in [0.5, 0.6) is 0 Å². The molecule has 0 bridgehead atoms. The van der Waals surface area contributed by atoms with Gasteiger partial charge in [-0.15, -0.1) is 0 Å². The first-order valence-corrected chi connectivity index (χ1v) is 4.82. The Morgan fingerprint density at radius 2 is 2.31 bits per heavy atom. The van der Waals surface area contributed by atoms with E-state index in [1.54, 1.807) is 12.4 Å². The summed E-state index contributed by atoms with van der Waals surface area (Å²) in [5, 5.41) is 0. The maximum Gasteiger partial charge on any atom is 0.203 e. The van der Waals surface area contributed by atoms with Crippen molar-refractivity contribution < 1.29 is 0 Å². The zero-order valence-electron chi connectivity index (χ0n) is 6.86. The van der Waals surface area contributed by atoms with Crippen molar-refractivity contribution >= 4 is 23.1 Å². The molecule has 0 atom stereocenters. The van der Waals surface area contributed by atoms with E-state index >= 15 is 0 Å². The van der Waals surface area contributed by atoms with E-state index in [9.17, 15) is 0 Å². The lowest BCUT2D eigenvalue weighted by Gasteiger charge is -1.97. The van der Waals surface area contributed by atoms with Crippen LogP contribution in [-0.4, -0.2) is 14.3 Å². The van der Waals surface area contributed by atoms with Crippen molar-refractivity contribution in [3.8, 4) is 11.4 Å². The lowest BCUT2D eigenvalue weighted by molar-refractivity contribution is 1.23. The zero-order chi connectivity index (χ0) is 9.26. The predicted molar refractivity (Wildman–Crippen MR) is 52.9 cm³/mol. The molecule has 0 unspecified atom stereocenters. The summed E-state index contributed by atoms with van der Waals surface area (Å²) in [5.41, 5.74) is 2.04. The Bertz CT molecular complexity index is 427. The van der Waals surface area contributed by atoms with Crippen LogP contribution in [0.3, 0.4) is 0 Å². The van der Waals surface area contributed by atoms with Crippen LogP contribution in [0.25, 0.3) is 11.4 Å². The largest absolute Gasteiger partial charge is 0.264 e. The second-order valence-corrected chi connectivity index (χ2v) is 3.90. The average molecular weight is 212 g/mol. The summed E-state index contributed by atoms with van der Waals surface area (Å²) in [7, 11) is 0. The molecule has 2 heterocycles. The molecule has 0 aliphatic rings. The van der Waals surface area contributed by atoms with Gasteiger partial charge in [0, 0.05) is 18.0 Å². The minimum Gasteiger partial charge on any atom is -0.264 e. The second-order valence-electron chi connectivity index (χ2n) is 2.56. The first-order valence-electron chi connectivity index (χ1n) is 3.67. The minimum atomic E-state index is 0.464. The van der Waals surface area contributed by atoms with Crippen molar-refractivity contribution in [3.05, 3.63) is 28.5 Å². The van der Waals surface area contributed by atoms with Crippen molar-refractivity contribution in [2.75, 3.05) is 0 Å². The Hall–Kier alpha value is -1.00. The van der Waals surface area contributed by atoms with E-state index < -0.39 is 0 Å². The van der Waals surface area contributed by atoms with Gasteiger partial charge in [0.1, 0.15) is 0 Å². The number of pyridine rings is 1. The molecular formula is C8H6ClN3S. The molecule has 0 fully saturated rings. The average Bonchev–Trinajstić information content (AvgIpc) is 2.53. The lowest BCUT2D eigenvalue weighted by atomic mass is 10.1. The van der Waals surface area contributed by atoms with Gasteiger partial charge in [-0.05, 0) is 41.7 Å². The summed E-state index contributed by atoms with van der Waals surface area (Å²) < 4.78 is 4.58. The summed E-state index contributed by atoms with van der Waals surface area (Å²) in [4.78, 5) is 8.08. The Labute approximate surface area is 84.6 Å². The standard InChI is InChI=1S/C8H6ClN3S/c1-5-4-10-3-2-6(5)7-11-8(9)13-12-7/h2-4H,1H3. The van der Waals surface area contributed by atoms with Crippen LogP contribution in [0.4, 0.5) is 0 Å². The third-order valence-corrected chi connectivity index (χ3v) is 2.46. The smallest absolute Gasteiger partial charge is 0.203 e. The minimum absolute atomic E-state index is 0.464. The van der Waals surface area contributed by atoms with Gasteiger partial charge in [-0.1, -0.05) is 0 Å². The van der Waals surface area contributed by atoms with Crippen LogP contribution >= 0.6 is 23.1 Å². The summed E-state index contributed by atoms with van der Waals surface area (Å²) >= 11 is 6.88. The Balaban J connectivity index is 2.52. The highest BCUT2D eigenvalue weighted by Crippen LogP contribution is 2.22.